The summed E-state index contributed by atoms with van der Waals surface area (Å²) >= 11 is 0. The summed E-state index contributed by atoms with van der Waals surface area (Å²) in [7, 11) is 0. The normalized spacial score (nSPS) is 20.9. The van der Waals surface area contributed by atoms with Crippen LogP contribution in [0.15, 0.2) is 18.2 Å². The summed E-state index contributed by atoms with van der Waals surface area (Å²) in [4.78, 5) is 0. The van der Waals surface area contributed by atoms with Crippen LogP contribution in [0, 0.1) is 5.82 Å². The molecular formula is C14H20FNO2. The molecule has 0 aliphatic carbocycles. The monoisotopic (exact) mass is 253 g/mol. The van der Waals surface area contributed by atoms with Gasteiger partial charge in [-0.05, 0) is 19.5 Å². The maximum atomic E-state index is 13.9. The van der Waals surface area contributed by atoms with E-state index < -0.39 is 0 Å². The van der Waals surface area contributed by atoms with E-state index in [9.17, 15) is 4.39 Å². The van der Waals surface area contributed by atoms with Crippen molar-refractivity contribution < 1.29 is 13.9 Å². The van der Waals surface area contributed by atoms with Crippen LogP contribution in [0.4, 0.5) is 4.39 Å². The van der Waals surface area contributed by atoms with Gasteiger partial charge in [-0.1, -0.05) is 13.0 Å². The quantitative estimate of drug-likeness (QED) is 0.875. The predicted molar refractivity (Wildman–Crippen MR) is 68.3 cm³/mol. The van der Waals surface area contributed by atoms with Gasteiger partial charge in [-0.15, -0.1) is 0 Å². The molecule has 2 rings (SSSR count). The smallest absolute Gasteiger partial charge is 0.131 e. The van der Waals surface area contributed by atoms with Crippen LogP contribution in [0.1, 0.15) is 31.9 Å². The molecule has 100 valence electrons. The van der Waals surface area contributed by atoms with E-state index in [2.05, 4.69) is 5.32 Å². The van der Waals surface area contributed by atoms with E-state index in [0.29, 0.717) is 17.9 Å². The number of hydrogen-bond donors (Lipinski definition) is 1. The average molecular weight is 253 g/mol. The summed E-state index contributed by atoms with van der Waals surface area (Å²) in [5, 5.41) is 3.19. The molecule has 1 aliphatic heterocycles. The minimum Gasteiger partial charge on any atom is -0.488 e. The standard InChI is InChI=1S/C14H20FNO2/c1-3-16-10(2)13-5-4-11(8-14(13)15)18-12-6-7-17-9-12/h4-5,8,10,12,16H,3,6-7,9H2,1-2H3. The van der Waals surface area contributed by atoms with E-state index in [-0.39, 0.29) is 18.0 Å². The Labute approximate surface area is 107 Å². The maximum Gasteiger partial charge on any atom is 0.131 e. The van der Waals surface area contributed by atoms with Gasteiger partial charge < -0.3 is 14.8 Å². The molecule has 0 bridgehead atoms. The molecule has 2 unspecified atom stereocenters. The van der Waals surface area contributed by atoms with Crippen LogP contribution in [-0.2, 0) is 4.74 Å². The third-order valence-corrected chi connectivity index (χ3v) is 3.14. The summed E-state index contributed by atoms with van der Waals surface area (Å²) in [5.74, 6) is 0.357. The average Bonchev–Trinajstić information content (AvgIpc) is 2.82. The van der Waals surface area contributed by atoms with Crippen LogP contribution in [-0.4, -0.2) is 25.9 Å². The lowest BCUT2D eigenvalue weighted by Gasteiger charge is -2.16. The SMILES string of the molecule is CCNC(C)c1ccc(OC2CCOC2)cc1F. The molecule has 1 aliphatic rings. The van der Waals surface area contributed by atoms with E-state index in [1.54, 1.807) is 6.07 Å². The van der Waals surface area contributed by atoms with Gasteiger partial charge >= 0.3 is 0 Å². The van der Waals surface area contributed by atoms with Gasteiger partial charge in [0.15, 0.2) is 0 Å². The topological polar surface area (TPSA) is 30.5 Å². The molecule has 0 aromatic heterocycles. The fourth-order valence-electron chi connectivity index (χ4n) is 2.15. The van der Waals surface area contributed by atoms with Crippen molar-refractivity contribution in [2.24, 2.45) is 0 Å². The fraction of sp³-hybridized carbons (Fsp3) is 0.571. The molecule has 0 spiro atoms. The molecule has 0 amide bonds. The lowest BCUT2D eigenvalue weighted by atomic mass is 10.1. The lowest BCUT2D eigenvalue weighted by Crippen LogP contribution is -2.19. The zero-order valence-corrected chi connectivity index (χ0v) is 10.9. The first-order valence-electron chi connectivity index (χ1n) is 6.48. The van der Waals surface area contributed by atoms with Gasteiger partial charge in [0.1, 0.15) is 17.7 Å². The third kappa shape index (κ3) is 3.21. The van der Waals surface area contributed by atoms with E-state index in [1.807, 2.05) is 19.9 Å². The number of rotatable bonds is 5. The van der Waals surface area contributed by atoms with Crippen molar-refractivity contribution >= 4 is 0 Å². The second-order valence-electron chi connectivity index (χ2n) is 4.57. The molecule has 1 saturated heterocycles. The van der Waals surface area contributed by atoms with Gasteiger partial charge in [0.2, 0.25) is 0 Å². The summed E-state index contributed by atoms with van der Waals surface area (Å²) in [6.45, 7) is 6.09. The van der Waals surface area contributed by atoms with Gasteiger partial charge in [0.05, 0.1) is 13.2 Å². The highest BCUT2D eigenvalue weighted by Crippen LogP contribution is 2.23. The van der Waals surface area contributed by atoms with Crippen molar-refractivity contribution in [2.75, 3.05) is 19.8 Å². The van der Waals surface area contributed by atoms with E-state index in [0.717, 1.165) is 19.6 Å². The molecule has 2 atom stereocenters. The zero-order chi connectivity index (χ0) is 13.0. The molecular weight excluding hydrogens is 233 g/mol. The molecule has 1 heterocycles. The zero-order valence-electron chi connectivity index (χ0n) is 10.9. The van der Waals surface area contributed by atoms with Crippen molar-refractivity contribution in [3.63, 3.8) is 0 Å². The molecule has 4 heteroatoms. The minimum atomic E-state index is -0.222. The molecule has 1 fully saturated rings. The van der Waals surface area contributed by atoms with Crippen molar-refractivity contribution in [3.8, 4) is 5.75 Å². The van der Waals surface area contributed by atoms with Crippen LogP contribution in [0.2, 0.25) is 0 Å². The highest BCUT2D eigenvalue weighted by molar-refractivity contribution is 5.30. The first-order valence-corrected chi connectivity index (χ1v) is 6.48. The van der Waals surface area contributed by atoms with Gasteiger partial charge in [0, 0.05) is 24.1 Å². The summed E-state index contributed by atoms with van der Waals surface area (Å²) < 4.78 is 24.8. The fourth-order valence-corrected chi connectivity index (χ4v) is 2.15. The van der Waals surface area contributed by atoms with Gasteiger partial charge in [0.25, 0.3) is 0 Å². The van der Waals surface area contributed by atoms with E-state index in [4.69, 9.17) is 9.47 Å². The molecule has 1 aromatic carbocycles. The largest absolute Gasteiger partial charge is 0.488 e. The highest BCUT2D eigenvalue weighted by atomic mass is 19.1. The summed E-state index contributed by atoms with van der Waals surface area (Å²) in [6.07, 6.45) is 0.929. The Kier molecular flexibility index (Phi) is 4.55. The Balaban J connectivity index is 2.04. The van der Waals surface area contributed by atoms with Gasteiger partial charge in [-0.25, -0.2) is 4.39 Å². The first kappa shape index (κ1) is 13.3. The molecule has 18 heavy (non-hydrogen) atoms. The Morgan fingerprint density at radius 3 is 3.00 bits per heavy atom. The van der Waals surface area contributed by atoms with Crippen molar-refractivity contribution in [2.45, 2.75) is 32.4 Å². The minimum absolute atomic E-state index is 0.0128. The predicted octanol–water partition coefficient (Wildman–Crippen LogP) is 2.66. The van der Waals surface area contributed by atoms with E-state index in [1.165, 1.54) is 6.07 Å². The highest BCUT2D eigenvalue weighted by Gasteiger charge is 2.18. The van der Waals surface area contributed by atoms with Crippen molar-refractivity contribution in [3.05, 3.63) is 29.6 Å². The molecule has 1 aromatic rings. The molecule has 0 radical (unpaired) electrons. The van der Waals surface area contributed by atoms with Crippen LogP contribution in [0.3, 0.4) is 0 Å². The second kappa shape index (κ2) is 6.16. The summed E-state index contributed by atoms with van der Waals surface area (Å²) in [6, 6.07) is 5.08. The Hall–Kier alpha value is -1.13. The summed E-state index contributed by atoms with van der Waals surface area (Å²) in [5.41, 5.74) is 0.673. The van der Waals surface area contributed by atoms with E-state index >= 15 is 0 Å². The Morgan fingerprint density at radius 2 is 2.39 bits per heavy atom. The number of nitrogens with one attached hydrogen (secondary N) is 1. The Bertz CT molecular complexity index is 391. The molecule has 1 N–H and O–H groups in total. The van der Waals surface area contributed by atoms with Gasteiger partial charge in [-0.3, -0.25) is 0 Å². The number of benzene rings is 1. The van der Waals surface area contributed by atoms with Gasteiger partial charge in [-0.2, -0.15) is 0 Å². The molecule has 3 nitrogen and oxygen atoms in total. The number of hydrogen-bond acceptors (Lipinski definition) is 3. The number of ether oxygens (including phenoxy) is 2. The van der Waals surface area contributed by atoms with Crippen molar-refractivity contribution in [1.29, 1.82) is 0 Å². The lowest BCUT2D eigenvalue weighted by molar-refractivity contribution is 0.141. The van der Waals surface area contributed by atoms with Crippen LogP contribution >= 0.6 is 0 Å². The van der Waals surface area contributed by atoms with Crippen LogP contribution < -0.4 is 10.1 Å². The van der Waals surface area contributed by atoms with Crippen LogP contribution in [0.5, 0.6) is 5.75 Å². The van der Waals surface area contributed by atoms with Crippen LogP contribution in [0.25, 0.3) is 0 Å². The maximum absolute atomic E-state index is 13.9. The second-order valence-corrected chi connectivity index (χ2v) is 4.57. The van der Waals surface area contributed by atoms with Crippen molar-refractivity contribution in [1.82, 2.24) is 5.32 Å². The first-order chi connectivity index (χ1) is 8.70. The Morgan fingerprint density at radius 1 is 1.56 bits per heavy atom. The molecule has 0 saturated carbocycles. The number of halogens is 1. The third-order valence-electron chi connectivity index (χ3n) is 3.14.